The predicted octanol–water partition coefficient (Wildman–Crippen LogP) is 2.55. The molecule has 0 unspecified atom stereocenters. The van der Waals surface area contributed by atoms with Gasteiger partial charge in [-0.2, -0.15) is 0 Å². The molecule has 2 aromatic heterocycles. The fourth-order valence-corrected chi connectivity index (χ4v) is 2.11. The highest BCUT2D eigenvalue weighted by atomic mass is 79.9. The van der Waals surface area contributed by atoms with Gasteiger partial charge in [-0.1, -0.05) is 0 Å². The maximum absolute atomic E-state index is 5.68. The molecule has 2 heterocycles. The van der Waals surface area contributed by atoms with Gasteiger partial charge in [0.2, 0.25) is 0 Å². The van der Waals surface area contributed by atoms with Gasteiger partial charge in [0.05, 0.1) is 18.5 Å². The van der Waals surface area contributed by atoms with Crippen LogP contribution in [0.3, 0.4) is 0 Å². The van der Waals surface area contributed by atoms with Gasteiger partial charge in [0, 0.05) is 42.6 Å². The Hall–Kier alpha value is -1.50. The molecule has 2 aromatic rings. The summed E-state index contributed by atoms with van der Waals surface area (Å²) in [4.78, 5) is 8.45. The number of rotatable bonds is 8. The summed E-state index contributed by atoms with van der Waals surface area (Å²) in [5.41, 5.74) is 1.98. The molecule has 0 spiro atoms. The van der Waals surface area contributed by atoms with E-state index in [1.807, 2.05) is 18.2 Å². The average Bonchev–Trinajstić information content (AvgIpc) is 2.51. The minimum absolute atomic E-state index is 0.472. The van der Waals surface area contributed by atoms with E-state index in [1.54, 1.807) is 25.7 Å². The molecule has 2 rings (SSSR count). The number of hydrogen-bond donors (Lipinski definition) is 1. The van der Waals surface area contributed by atoms with Crippen molar-refractivity contribution in [3.05, 3.63) is 52.5 Å². The topological polar surface area (TPSA) is 56.3 Å². The molecule has 1 N–H and O–H groups in total. The molecule has 0 saturated heterocycles. The van der Waals surface area contributed by atoms with Gasteiger partial charge < -0.3 is 14.8 Å². The van der Waals surface area contributed by atoms with Crippen molar-refractivity contribution in [2.24, 2.45) is 0 Å². The SMILES string of the molecule is COCCNCc1ccc(OCc2cncc(Br)c2)cn1. The Morgan fingerprint density at radius 1 is 1.24 bits per heavy atom. The lowest BCUT2D eigenvalue weighted by Gasteiger charge is -2.07. The fourth-order valence-electron chi connectivity index (χ4n) is 1.69. The highest BCUT2D eigenvalue weighted by Crippen LogP contribution is 2.14. The number of nitrogens with one attached hydrogen (secondary N) is 1. The van der Waals surface area contributed by atoms with Gasteiger partial charge in [0.15, 0.2) is 0 Å². The average molecular weight is 352 g/mol. The summed E-state index contributed by atoms with van der Waals surface area (Å²) in [6, 6.07) is 5.86. The number of aromatic nitrogens is 2. The summed E-state index contributed by atoms with van der Waals surface area (Å²) < 4.78 is 11.6. The third-order valence-corrected chi connectivity index (χ3v) is 3.19. The molecule has 0 aliphatic rings. The normalized spacial score (nSPS) is 10.6. The van der Waals surface area contributed by atoms with Crippen LogP contribution in [0.25, 0.3) is 0 Å². The minimum Gasteiger partial charge on any atom is -0.487 e. The van der Waals surface area contributed by atoms with Crippen LogP contribution in [-0.4, -0.2) is 30.2 Å². The van der Waals surface area contributed by atoms with Crippen molar-refractivity contribution < 1.29 is 9.47 Å². The molecule has 0 bridgehead atoms. The second-order valence-corrected chi connectivity index (χ2v) is 5.37. The number of hydrogen-bond acceptors (Lipinski definition) is 5. The van der Waals surface area contributed by atoms with E-state index in [-0.39, 0.29) is 0 Å². The molecule has 0 radical (unpaired) electrons. The Balaban J connectivity index is 1.79. The smallest absolute Gasteiger partial charge is 0.138 e. The first-order valence-electron chi connectivity index (χ1n) is 6.65. The standard InChI is InChI=1S/C15H18BrN3O2/c1-20-5-4-17-9-14-2-3-15(10-19-14)21-11-12-6-13(16)8-18-7-12/h2-3,6-8,10,17H,4-5,9,11H2,1H3. The van der Waals surface area contributed by atoms with Crippen LogP contribution < -0.4 is 10.1 Å². The number of methoxy groups -OCH3 is 1. The zero-order chi connectivity index (χ0) is 14.9. The van der Waals surface area contributed by atoms with Crippen LogP contribution in [0, 0.1) is 0 Å². The Morgan fingerprint density at radius 2 is 2.14 bits per heavy atom. The van der Waals surface area contributed by atoms with Crippen LogP contribution in [0.5, 0.6) is 5.75 Å². The highest BCUT2D eigenvalue weighted by molar-refractivity contribution is 9.10. The van der Waals surface area contributed by atoms with Crippen molar-refractivity contribution in [3.8, 4) is 5.75 Å². The molecular weight excluding hydrogens is 334 g/mol. The summed E-state index contributed by atoms with van der Waals surface area (Å²) in [6.07, 6.45) is 5.27. The third-order valence-electron chi connectivity index (χ3n) is 2.75. The quantitative estimate of drug-likeness (QED) is 0.740. The van der Waals surface area contributed by atoms with Gasteiger partial charge in [-0.25, -0.2) is 0 Å². The number of ether oxygens (including phenoxy) is 2. The second-order valence-electron chi connectivity index (χ2n) is 4.45. The van der Waals surface area contributed by atoms with Gasteiger partial charge in [-0.3, -0.25) is 9.97 Å². The number of pyridine rings is 2. The molecule has 0 atom stereocenters. The van der Waals surface area contributed by atoms with Gasteiger partial charge in [0.25, 0.3) is 0 Å². The van der Waals surface area contributed by atoms with Crippen molar-refractivity contribution in [3.63, 3.8) is 0 Å². The van der Waals surface area contributed by atoms with Crippen LogP contribution in [0.15, 0.2) is 41.3 Å². The Bertz CT molecular complexity index is 549. The third kappa shape index (κ3) is 5.79. The first kappa shape index (κ1) is 15.9. The van der Waals surface area contributed by atoms with E-state index in [0.717, 1.165) is 34.6 Å². The van der Waals surface area contributed by atoms with E-state index < -0.39 is 0 Å². The van der Waals surface area contributed by atoms with Crippen LogP contribution in [0.2, 0.25) is 0 Å². The Labute approximate surface area is 132 Å². The summed E-state index contributed by atoms with van der Waals surface area (Å²) in [7, 11) is 1.69. The molecule has 0 saturated carbocycles. The zero-order valence-corrected chi connectivity index (χ0v) is 13.5. The first-order chi connectivity index (χ1) is 10.3. The number of nitrogens with zero attached hydrogens (tertiary/aromatic N) is 2. The van der Waals surface area contributed by atoms with Crippen molar-refractivity contribution in [1.29, 1.82) is 0 Å². The van der Waals surface area contributed by atoms with Gasteiger partial charge in [0.1, 0.15) is 12.4 Å². The van der Waals surface area contributed by atoms with E-state index >= 15 is 0 Å². The molecule has 21 heavy (non-hydrogen) atoms. The van der Waals surface area contributed by atoms with Crippen molar-refractivity contribution in [2.45, 2.75) is 13.2 Å². The van der Waals surface area contributed by atoms with E-state index in [4.69, 9.17) is 9.47 Å². The minimum atomic E-state index is 0.472. The maximum atomic E-state index is 5.68. The second kappa shape index (κ2) is 8.71. The van der Waals surface area contributed by atoms with Crippen LogP contribution in [0.4, 0.5) is 0 Å². The van der Waals surface area contributed by atoms with Gasteiger partial charge >= 0.3 is 0 Å². The lowest BCUT2D eigenvalue weighted by Crippen LogP contribution is -2.19. The maximum Gasteiger partial charge on any atom is 0.138 e. The van der Waals surface area contributed by atoms with Crippen LogP contribution in [0.1, 0.15) is 11.3 Å². The molecule has 112 valence electrons. The molecule has 0 fully saturated rings. The van der Waals surface area contributed by atoms with E-state index in [1.165, 1.54) is 0 Å². The van der Waals surface area contributed by atoms with Gasteiger partial charge in [-0.15, -0.1) is 0 Å². The summed E-state index contributed by atoms with van der Waals surface area (Å²) in [6.45, 7) is 2.70. The summed E-state index contributed by atoms with van der Waals surface area (Å²) >= 11 is 3.39. The van der Waals surface area contributed by atoms with E-state index in [2.05, 4.69) is 31.2 Å². The first-order valence-corrected chi connectivity index (χ1v) is 7.44. The van der Waals surface area contributed by atoms with E-state index in [9.17, 15) is 0 Å². The molecular formula is C15H18BrN3O2. The van der Waals surface area contributed by atoms with Crippen LogP contribution in [-0.2, 0) is 17.9 Å². The summed E-state index contributed by atoms with van der Waals surface area (Å²) in [5, 5.41) is 3.24. The Morgan fingerprint density at radius 3 is 2.86 bits per heavy atom. The molecule has 0 aliphatic carbocycles. The van der Waals surface area contributed by atoms with E-state index in [0.29, 0.717) is 13.2 Å². The number of halogens is 1. The van der Waals surface area contributed by atoms with Crippen molar-refractivity contribution in [2.75, 3.05) is 20.3 Å². The van der Waals surface area contributed by atoms with Gasteiger partial charge in [-0.05, 0) is 34.1 Å². The molecule has 0 aliphatic heterocycles. The largest absolute Gasteiger partial charge is 0.487 e. The highest BCUT2D eigenvalue weighted by Gasteiger charge is 1.99. The molecule has 0 aromatic carbocycles. The van der Waals surface area contributed by atoms with Crippen LogP contribution >= 0.6 is 15.9 Å². The zero-order valence-electron chi connectivity index (χ0n) is 11.9. The molecule has 5 nitrogen and oxygen atoms in total. The van der Waals surface area contributed by atoms with Crippen molar-refractivity contribution in [1.82, 2.24) is 15.3 Å². The fraction of sp³-hybridized carbons (Fsp3) is 0.333. The lowest BCUT2D eigenvalue weighted by molar-refractivity contribution is 0.199. The predicted molar refractivity (Wildman–Crippen MR) is 84.1 cm³/mol. The Kier molecular flexibility index (Phi) is 6.59. The molecule has 0 amide bonds. The monoisotopic (exact) mass is 351 g/mol. The van der Waals surface area contributed by atoms with Crippen molar-refractivity contribution >= 4 is 15.9 Å². The molecule has 6 heteroatoms. The lowest BCUT2D eigenvalue weighted by atomic mass is 10.3. The summed E-state index contributed by atoms with van der Waals surface area (Å²) in [5.74, 6) is 0.746.